The van der Waals surface area contributed by atoms with Crippen molar-refractivity contribution in [3.63, 3.8) is 0 Å². The highest BCUT2D eigenvalue weighted by molar-refractivity contribution is 6.30. The maximum Gasteiger partial charge on any atom is 0.248 e. The molecule has 0 aliphatic rings. The molecule has 1 amide bonds. The molecule has 1 aromatic heterocycles. The molecule has 3 N–H and O–H groups in total. The van der Waals surface area contributed by atoms with E-state index in [4.69, 9.17) is 16.7 Å². The minimum absolute atomic E-state index is 0.0275. The highest BCUT2D eigenvalue weighted by Crippen LogP contribution is 2.13. The number of nitrogens with one attached hydrogen (secondary N) is 2. The Morgan fingerprint density at radius 1 is 1.29 bits per heavy atom. The molecule has 1 aromatic carbocycles. The van der Waals surface area contributed by atoms with Gasteiger partial charge in [0.25, 0.3) is 0 Å². The Hall–Kier alpha value is -2.37. The fraction of sp³-hybridized carbons (Fsp3) is 0.222. The first-order valence-corrected chi connectivity index (χ1v) is 8.06. The number of hydrogen-bond donors (Lipinski definition) is 3. The summed E-state index contributed by atoms with van der Waals surface area (Å²) >= 11 is 5.82. The number of carbonyl (C=O) groups excluding carboxylic acids is 1. The molecule has 1 atom stereocenters. The van der Waals surface area contributed by atoms with E-state index in [0.717, 1.165) is 12.0 Å². The van der Waals surface area contributed by atoms with Crippen molar-refractivity contribution in [1.29, 1.82) is 0 Å². The molecule has 0 bridgehead atoms. The minimum atomic E-state index is -0.241. The van der Waals surface area contributed by atoms with Crippen LogP contribution in [-0.4, -0.2) is 28.6 Å². The molecule has 0 radical (unpaired) electrons. The largest absolute Gasteiger partial charge is 0.394 e. The van der Waals surface area contributed by atoms with Crippen LogP contribution in [0.4, 0.5) is 11.5 Å². The van der Waals surface area contributed by atoms with Gasteiger partial charge in [0, 0.05) is 11.1 Å². The first-order valence-electron chi connectivity index (χ1n) is 7.68. The number of hydrogen-bond acceptors (Lipinski definition) is 4. The van der Waals surface area contributed by atoms with Crippen molar-refractivity contribution in [2.45, 2.75) is 19.4 Å². The molecule has 2 rings (SSSR count). The number of aliphatic hydroxyl groups is 1. The van der Waals surface area contributed by atoms with Gasteiger partial charge in [-0.3, -0.25) is 4.79 Å². The summed E-state index contributed by atoms with van der Waals surface area (Å²) < 4.78 is 0. The molecular weight excluding hydrogens is 326 g/mol. The number of pyridine rings is 1. The van der Waals surface area contributed by atoms with Crippen LogP contribution in [-0.2, 0) is 4.79 Å². The average molecular weight is 346 g/mol. The summed E-state index contributed by atoms with van der Waals surface area (Å²) in [4.78, 5) is 16.1. The average Bonchev–Trinajstić information content (AvgIpc) is 2.60. The highest BCUT2D eigenvalue weighted by Gasteiger charge is 2.05. The molecule has 1 heterocycles. The monoisotopic (exact) mass is 345 g/mol. The second-order valence-corrected chi connectivity index (χ2v) is 5.67. The van der Waals surface area contributed by atoms with Crippen LogP contribution in [0.2, 0.25) is 5.02 Å². The number of halogens is 1. The molecule has 5 nitrogen and oxygen atoms in total. The van der Waals surface area contributed by atoms with Crippen LogP contribution < -0.4 is 10.6 Å². The molecule has 1 unspecified atom stereocenters. The summed E-state index contributed by atoms with van der Waals surface area (Å²) in [6.07, 6.45) is 5.53. The van der Waals surface area contributed by atoms with Crippen LogP contribution in [0, 0.1) is 0 Å². The zero-order chi connectivity index (χ0) is 17.4. The maximum absolute atomic E-state index is 11.9. The number of rotatable bonds is 7. The fourth-order valence-electron chi connectivity index (χ4n) is 1.97. The third-order valence-electron chi connectivity index (χ3n) is 3.39. The van der Waals surface area contributed by atoms with Gasteiger partial charge in [0.1, 0.15) is 5.82 Å². The lowest BCUT2D eigenvalue weighted by Crippen LogP contribution is -2.23. The summed E-state index contributed by atoms with van der Waals surface area (Å²) in [5.74, 6) is 0.417. The summed E-state index contributed by atoms with van der Waals surface area (Å²) in [5, 5.41) is 15.7. The van der Waals surface area contributed by atoms with Crippen molar-refractivity contribution in [3.8, 4) is 0 Å². The van der Waals surface area contributed by atoms with E-state index in [-0.39, 0.29) is 18.6 Å². The van der Waals surface area contributed by atoms with Crippen LogP contribution in [0.3, 0.4) is 0 Å². The van der Waals surface area contributed by atoms with Crippen LogP contribution in [0.1, 0.15) is 18.9 Å². The zero-order valence-corrected chi connectivity index (χ0v) is 14.1. The Bertz CT molecular complexity index is 680. The molecule has 0 aliphatic carbocycles. The minimum Gasteiger partial charge on any atom is -0.394 e. The Morgan fingerprint density at radius 3 is 2.62 bits per heavy atom. The van der Waals surface area contributed by atoms with Gasteiger partial charge in [0.05, 0.1) is 24.5 Å². The van der Waals surface area contributed by atoms with E-state index < -0.39 is 0 Å². The summed E-state index contributed by atoms with van der Waals surface area (Å²) in [6.45, 7) is 2.03. The predicted molar refractivity (Wildman–Crippen MR) is 98.1 cm³/mol. The van der Waals surface area contributed by atoms with Gasteiger partial charge in [-0.1, -0.05) is 30.7 Å². The standard InChI is InChI=1S/C18H20ClN3O2/c1-2-15(12-23)21-17-9-8-16(11-20-17)22-18(24)10-5-13-3-6-14(19)7-4-13/h3-11,15,23H,2,12H2,1H3,(H,20,21)(H,22,24)/b10-5+. The normalized spacial score (nSPS) is 12.1. The first kappa shape index (κ1) is 18.0. The lowest BCUT2D eigenvalue weighted by Gasteiger charge is -2.14. The summed E-state index contributed by atoms with van der Waals surface area (Å²) in [6, 6.07) is 10.7. The Balaban J connectivity index is 1.90. The Labute approximate surface area is 146 Å². The van der Waals surface area contributed by atoms with E-state index in [1.54, 1.807) is 36.5 Å². The third kappa shape index (κ3) is 5.68. The van der Waals surface area contributed by atoms with Crippen molar-refractivity contribution in [1.82, 2.24) is 4.98 Å². The SMILES string of the molecule is CCC(CO)Nc1ccc(NC(=O)/C=C/c2ccc(Cl)cc2)cn1. The van der Waals surface area contributed by atoms with E-state index in [2.05, 4.69) is 15.6 Å². The molecule has 126 valence electrons. The van der Waals surface area contributed by atoms with E-state index in [1.807, 2.05) is 19.1 Å². The van der Waals surface area contributed by atoms with Gasteiger partial charge < -0.3 is 15.7 Å². The molecule has 0 aliphatic heterocycles. The molecule has 0 saturated heterocycles. The summed E-state index contributed by atoms with van der Waals surface area (Å²) in [5.41, 5.74) is 1.49. The molecule has 24 heavy (non-hydrogen) atoms. The second kappa shape index (κ2) is 9.05. The zero-order valence-electron chi connectivity index (χ0n) is 13.4. The number of amides is 1. The van der Waals surface area contributed by atoms with E-state index in [0.29, 0.717) is 16.5 Å². The van der Waals surface area contributed by atoms with Gasteiger partial charge in [-0.25, -0.2) is 4.98 Å². The Kier molecular flexibility index (Phi) is 6.78. The summed E-state index contributed by atoms with van der Waals surface area (Å²) in [7, 11) is 0. The topological polar surface area (TPSA) is 74.2 Å². The quantitative estimate of drug-likeness (QED) is 0.671. The number of nitrogens with zero attached hydrogens (tertiary/aromatic N) is 1. The lowest BCUT2D eigenvalue weighted by atomic mass is 10.2. The number of benzene rings is 1. The van der Waals surface area contributed by atoms with Gasteiger partial charge in [0.2, 0.25) is 5.91 Å². The van der Waals surface area contributed by atoms with Crippen molar-refractivity contribution >= 4 is 35.1 Å². The number of aliphatic hydroxyl groups excluding tert-OH is 1. The van der Waals surface area contributed by atoms with E-state index in [9.17, 15) is 4.79 Å². The fourth-order valence-corrected chi connectivity index (χ4v) is 2.09. The van der Waals surface area contributed by atoms with E-state index in [1.165, 1.54) is 6.08 Å². The van der Waals surface area contributed by atoms with E-state index >= 15 is 0 Å². The highest BCUT2D eigenvalue weighted by atomic mass is 35.5. The van der Waals surface area contributed by atoms with Crippen LogP contribution in [0.5, 0.6) is 0 Å². The van der Waals surface area contributed by atoms with Crippen molar-refractivity contribution in [2.75, 3.05) is 17.2 Å². The molecule has 0 fully saturated rings. The maximum atomic E-state index is 11.9. The van der Waals surface area contributed by atoms with Crippen LogP contribution in [0.15, 0.2) is 48.7 Å². The van der Waals surface area contributed by atoms with Crippen LogP contribution in [0.25, 0.3) is 6.08 Å². The van der Waals surface area contributed by atoms with Gasteiger partial charge in [-0.15, -0.1) is 0 Å². The van der Waals surface area contributed by atoms with Gasteiger partial charge in [0.15, 0.2) is 0 Å². The number of anilines is 2. The van der Waals surface area contributed by atoms with Crippen molar-refractivity contribution in [2.24, 2.45) is 0 Å². The third-order valence-corrected chi connectivity index (χ3v) is 3.65. The molecule has 2 aromatic rings. The van der Waals surface area contributed by atoms with Gasteiger partial charge in [-0.05, 0) is 42.3 Å². The van der Waals surface area contributed by atoms with Crippen molar-refractivity contribution in [3.05, 3.63) is 59.3 Å². The van der Waals surface area contributed by atoms with Crippen molar-refractivity contribution < 1.29 is 9.90 Å². The number of aromatic nitrogens is 1. The lowest BCUT2D eigenvalue weighted by molar-refractivity contribution is -0.111. The molecule has 0 spiro atoms. The number of carbonyl (C=O) groups is 1. The molecule has 6 heteroatoms. The predicted octanol–water partition coefficient (Wildman–Crippen LogP) is 3.57. The Morgan fingerprint density at radius 2 is 2.04 bits per heavy atom. The van der Waals surface area contributed by atoms with Crippen LogP contribution >= 0.6 is 11.6 Å². The smallest absolute Gasteiger partial charge is 0.248 e. The second-order valence-electron chi connectivity index (χ2n) is 5.24. The van der Waals surface area contributed by atoms with Gasteiger partial charge >= 0.3 is 0 Å². The molecular formula is C18H20ClN3O2. The molecule has 0 saturated carbocycles. The van der Waals surface area contributed by atoms with Gasteiger partial charge in [-0.2, -0.15) is 0 Å². The first-order chi connectivity index (χ1) is 11.6.